The van der Waals surface area contributed by atoms with Crippen molar-refractivity contribution >= 4 is 29.2 Å². The first-order valence-corrected chi connectivity index (χ1v) is 14.6. The predicted octanol–water partition coefficient (Wildman–Crippen LogP) is 3.07. The van der Waals surface area contributed by atoms with Crippen molar-refractivity contribution in [3.05, 3.63) is 48.6 Å². The Morgan fingerprint density at radius 2 is 1.75 bits per heavy atom. The molecule has 40 heavy (non-hydrogen) atoms. The van der Waals surface area contributed by atoms with Crippen LogP contribution in [0.5, 0.6) is 0 Å². The molecule has 0 aromatic heterocycles. The van der Waals surface area contributed by atoms with E-state index < -0.39 is 35.0 Å². The Kier molecular flexibility index (Phi) is 8.06. The van der Waals surface area contributed by atoms with E-state index in [1.807, 2.05) is 55.5 Å². The third-order valence-corrected chi connectivity index (χ3v) is 8.85. The lowest BCUT2D eigenvalue weighted by Crippen LogP contribution is -2.56. The zero-order chi connectivity index (χ0) is 28.5. The first-order chi connectivity index (χ1) is 19.3. The van der Waals surface area contributed by atoms with Crippen molar-refractivity contribution in [1.29, 1.82) is 0 Å². The van der Waals surface area contributed by atoms with Gasteiger partial charge in [-0.15, -0.1) is 0 Å². The third kappa shape index (κ3) is 4.63. The van der Waals surface area contributed by atoms with Crippen molar-refractivity contribution in [3.63, 3.8) is 0 Å². The molecule has 4 aliphatic heterocycles. The lowest BCUT2D eigenvalue weighted by atomic mass is 9.74. The van der Waals surface area contributed by atoms with Gasteiger partial charge < -0.3 is 29.3 Å². The molecule has 9 nitrogen and oxygen atoms in total. The molecule has 2 saturated heterocycles. The monoisotopic (exact) mass is 551 g/mol. The molecule has 0 radical (unpaired) electrons. The summed E-state index contributed by atoms with van der Waals surface area (Å²) in [4.78, 5) is 47.6. The van der Waals surface area contributed by atoms with Gasteiger partial charge in [0.05, 0.1) is 18.1 Å². The van der Waals surface area contributed by atoms with Crippen LogP contribution in [0.3, 0.4) is 0 Å². The summed E-state index contributed by atoms with van der Waals surface area (Å²) in [5.41, 5.74) is -0.648. The highest BCUT2D eigenvalue weighted by atomic mass is 16.6. The van der Waals surface area contributed by atoms with Gasteiger partial charge >= 0.3 is 5.97 Å². The van der Waals surface area contributed by atoms with Crippen LogP contribution in [0.15, 0.2) is 48.6 Å². The zero-order valence-corrected chi connectivity index (χ0v) is 23.8. The molecular weight excluding hydrogens is 510 g/mol. The number of benzene rings is 1. The van der Waals surface area contributed by atoms with Crippen molar-refractivity contribution < 1.29 is 29.0 Å². The fourth-order valence-electron chi connectivity index (χ4n) is 6.94. The number of carbonyl (C=O) groups excluding carboxylic acids is 3. The maximum absolute atomic E-state index is 14.5. The Morgan fingerprint density at radius 3 is 2.45 bits per heavy atom. The van der Waals surface area contributed by atoms with E-state index in [4.69, 9.17) is 9.47 Å². The van der Waals surface area contributed by atoms with E-state index in [-0.39, 0.29) is 31.6 Å². The molecule has 0 saturated carbocycles. The van der Waals surface area contributed by atoms with Crippen LogP contribution in [0.2, 0.25) is 0 Å². The van der Waals surface area contributed by atoms with Gasteiger partial charge in [-0.25, -0.2) is 0 Å². The van der Waals surface area contributed by atoms with Gasteiger partial charge in [0.2, 0.25) is 5.91 Å². The van der Waals surface area contributed by atoms with E-state index in [9.17, 15) is 19.5 Å². The summed E-state index contributed by atoms with van der Waals surface area (Å²) in [6.45, 7) is 8.44. The van der Waals surface area contributed by atoms with Crippen LogP contribution in [0, 0.1) is 11.8 Å². The number of aliphatic hydroxyl groups excluding tert-OH is 1. The fraction of sp³-hybridized carbons (Fsp3) is 0.581. The van der Waals surface area contributed by atoms with Crippen LogP contribution in [0.25, 0.3) is 0 Å². The van der Waals surface area contributed by atoms with E-state index in [1.54, 1.807) is 4.90 Å². The van der Waals surface area contributed by atoms with Gasteiger partial charge in [0, 0.05) is 44.2 Å². The number of aliphatic hydroxyl groups is 1. The van der Waals surface area contributed by atoms with E-state index in [0.29, 0.717) is 13.0 Å². The smallest absolute Gasteiger partial charge is 0.313 e. The van der Waals surface area contributed by atoms with Gasteiger partial charge in [-0.2, -0.15) is 0 Å². The molecular formula is C31H41N3O6. The molecule has 0 bridgehead atoms. The average molecular weight is 552 g/mol. The summed E-state index contributed by atoms with van der Waals surface area (Å²) in [7, 11) is 0. The van der Waals surface area contributed by atoms with Crippen molar-refractivity contribution in [1.82, 2.24) is 4.90 Å². The average Bonchev–Trinajstić information content (AvgIpc) is 3.27. The predicted molar refractivity (Wildman–Crippen MR) is 152 cm³/mol. The van der Waals surface area contributed by atoms with Gasteiger partial charge in [-0.3, -0.25) is 14.4 Å². The first kappa shape index (κ1) is 28.4. The molecule has 1 spiro atoms. The quantitative estimate of drug-likeness (QED) is 0.411. The lowest BCUT2D eigenvalue weighted by Gasteiger charge is -2.37. The summed E-state index contributed by atoms with van der Waals surface area (Å²) < 4.78 is 12.5. The molecule has 4 aliphatic rings. The second-order valence-corrected chi connectivity index (χ2v) is 11.2. The Morgan fingerprint density at radius 1 is 1.00 bits per heavy atom. The highest BCUT2D eigenvalue weighted by molar-refractivity contribution is 6.05. The SMILES string of the molecule is CCN(CC)c1ccc(N2CC=C[C@]34O[C@@]5(C)/C=C\CCCCOC(=O)[C@H]5[C@H]3C(=O)N(CCCO)C4C2=O)cc1. The molecule has 9 heteroatoms. The molecule has 1 N–H and O–H groups in total. The normalized spacial score (nSPS) is 32.7. The number of cyclic esters (lactones) is 1. The molecule has 0 aliphatic carbocycles. The van der Waals surface area contributed by atoms with Crippen LogP contribution < -0.4 is 9.80 Å². The van der Waals surface area contributed by atoms with Crippen molar-refractivity contribution in [2.75, 3.05) is 49.2 Å². The van der Waals surface area contributed by atoms with E-state index >= 15 is 0 Å². The topological polar surface area (TPSA) is 99.6 Å². The Balaban J connectivity index is 1.57. The van der Waals surface area contributed by atoms with Crippen LogP contribution >= 0.6 is 0 Å². The summed E-state index contributed by atoms with van der Waals surface area (Å²) in [6, 6.07) is 6.90. The minimum Gasteiger partial charge on any atom is -0.465 e. The number of hydrogen-bond donors (Lipinski definition) is 1. The lowest BCUT2D eigenvalue weighted by molar-refractivity contribution is -0.158. The van der Waals surface area contributed by atoms with E-state index in [1.165, 1.54) is 4.90 Å². The van der Waals surface area contributed by atoms with Gasteiger partial charge in [0.15, 0.2) is 0 Å². The molecule has 216 valence electrons. The minimum atomic E-state index is -1.34. The third-order valence-electron chi connectivity index (χ3n) is 8.85. The van der Waals surface area contributed by atoms with Crippen LogP contribution in [0.4, 0.5) is 11.4 Å². The molecule has 1 unspecified atom stereocenters. The van der Waals surface area contributed by atoms with Crippen molar-refractivity contribution in [2.45, 2.75) is 63.7 Å². The molecule has 1 aromatic rings. The number of nitrogens with zero attached hydrogens (tertiary/aromatic N) is 3. The molecule has 5 atom stereocenters. The number of ether oxygens (including phenoxy) is 2. The minimum absolute atomic E-state index is 0.124. The van der Waals surface area contributed by atoms with E-state index in [2.05, 4.69) is 18.7 Å². The highest BCUT2D eigenvalue weighted by Gasteiger charge is 2.74. The number of anilines is 2. The highest BCUT2D eigenvalue weighted by Crippen LogP contribution is 2.57. The molecule has 4 heterocycles. The van der Waals surface area contributed by atoms with E-state index in [0.717, 1.165) is 43.7 Å². The molecule has 1 aromatic carbocycles. The van der Waals surface area contributed by atoms with Crippen LogP contribution in [-0.2, 0) is 23.9 Å². The Bertz CT molecular complexity index is 1180. The van der Waals surface area contributed by atoms with Gasteiger partial charge in [0.1, 0.15) is 17.6 Å². The standard InChI is InChI=1S/C31H41N3O6/c1-4-32(5-2)22-12-14-23(15-13-22)33-18-10-17-31-24(27(36)34(19-11-20-35)26(31)28(33)37)25-29(38)39-21-9-7-6-8-16-30(25,3)40-31/h8,10,12-17,24-26,35H,4-7,9,11,18-21H2,1-3H3/b16-8-/t24-,25+,26?,30-,31-/m0/s1. The van der Waals surface area contributed by atoms with Gasteiger partial charge in [-0.1, -0.05) is 24.3 Å². The summed E-state index contributed by atoms with van der Waals surface area (Å²) >= 11 is 0. The Labute approximate surface area is 236 Å². The van der Waals surface area contributed by atoms with Gasteiger partial charge in [-0.05, 0) is 70.7 Å². The number of amides is 2. The first-order valence-electron chi connectivity index (χ1n) is 14.6. The number of carbonyl (C=O) groups is 3. The number of likely N-dealkylation sites (tertiary alicyclic amines) is 1. The maximum Gasteiger partial charge on any atom is 0.313 e. The molecule has 5 rings (SSSR count). The second-order valence-electron chi connectivity index (χ2n) is 11.2. The Hall–Kier alpha value is -3.17. The summed E-state index contributed by atoms with van der Waals surface area (Å²) in [5, 5.41) is 9.60. The van der Waals surface area contributed by atoms with Crippen LogP contribution in [0.1, 0.15) is 46.5 Å². The number of rotatable bonds is 7. The molecule has 2 fully saturated rings. The van der Waals surface area contributed by atoms with Crippen molar-refractivity contribution in [2.24, 2.45) is 11.8 Å². The second kappa shape index (κ2) is 11.4. The molecule has 2 amide bonds. The van der Waals surface area contributed by atoms with Crippen molar-refractivity contribution in [3.8, 4) is 0 Å². The number of allylic oxidation sites excluding steroid dienone is 1. The summed E-state index contributed by atoms with van der Waals surface area (Å²) in [6.07, 6.45) is 10.4. The van der Waals surface area contributed by atoms with Gasteiger partial charge in [0.25, 0.3) is 5.91 Å². The maximum atomic E-state index is 14.5. The van der Waals surface area contributed by atoms with Crippen LogP contribution in [-0.4, -0.2) is 84.4 Å². The summed E-state index contributed by atoms with van der Waals surface area (Å²) in [5.74, 6) is -2.86. The fourth-order valence-corrected chi connectivity index (χ4v) is 6.94. The number of esters is 1. The number of fused-ring (bicyclic) bond motifs is 2. The number of hydrogen-bond acceptors (Lipinski definition) is 7. The largest absolute Gasteiger partial charge is 0.465 e. The zero-order valence-electron chi connectivity index (χ0n) is 23.8.